The topological polar surface area (TPSA) is 78.3 Å². The second-order valence-electron chi connectivity index (χ2n) is 4.27. The fourth-order valence-electron chi connectivity index (χ4n) is 1.34. The fourth-order valence-corrected chi connectivity index (χ4v) is 1.62. The van der Waals surface area contributed by atoms with Gasteiger partial charge in [-0.05, 0) is 24.5 Å². The van der Waals surface area contributed by atoms with Gasteiger partial charge in [0.05, 0.1) is 17.2 Å². The minimum absolute atomic E-state index is 0.221. The summed E-state index contributed by atoms with van der Waals surface area (Å²) in [4.78, 5) is 11.3. The van der Waals surface area contributed by atoms with E-state index < -0.39 is 5.91 Å². The van der Waals surface area contributed by atoms with Crippen molar-refractivity contribution in [3.8, 4) is 5.75 Å². The Balaban J connectivity index is 2.92. The van der Waals surface area contributed by atoms with Gasteiger partial charge in [-0.3, -0.25) is 4.79 Å². The van der Waals surface area contributed by atoms with E-state index in [1.54, 1.807) is 6.07 Å². The fraction of sp³-hybridized carbons (Fsp3) is 0.417. The van der Waals surface area contributed by atoms with E-state index in [2.05, 4.69) is 13.8 Å². The number of nitrogens with two attached hydrogens (primary N) is 2. The summed E-state index contributed by atoms with van der Waals surface area (Å²) in [7, 11) is 0. The van der Waals surface area contributed by atoms with Gasteiger partial charge < -0.3 is 16.2 Å². The summed E-state index contributed by atoms with van der Waals surface area (Å²) in [6, 6.07) is 3.01. The molecule has 0 radical (unpaired) electrons. The smallest absolute Gasteiger partial charge is 0.252 e. The van der Waals surface area contributed by atoms with Crippen LogP contribution in [0.4, 0.5) is 5.69 Å². The van der Waals surface area contributed by atoms with E-state index >= 15 is 0 Å². The van der Waals surface area contributed by atoms with Crippen molar-refractivity contribution in [1.82, 2.24) is 0 Å². The molecule has 1 rings (SSSR count). The highest BCUT2D eigenvalue weighted by Gasteiger charge is 2.14. The third-order valence-corrected chi connectivity index (χ3v) is 2.55. The summed E-state index contributed by atoms with van der Waals surface area (Å²) < 4.78 is 5.51. The highest BCUT2D eigenvalue weighted by Crippen LogP contribution is 2.31. The number of benzene rings is 1. The number of anilines is 1. The largest absolute Gasteiger partial charge is 0.491 e. The van der Waals surface area contributed by atoms with Crippen molar-refractivity contribution in [2.75, 3.05) is 12.3 Å². The molecule has 94 valence electrons. The lowest BCUT2D eigenvalue weighted by atomic mass is 10.1. The average Bonchev–Trinajstić information content (AvgIpc) is 2.19. The van der Waals surface area contributed by atoms with Gasteiger partial charge in [0.2, 0.25) is 0 Å². The lowest BCUT2D eigenvalue weighted by molar-refractivity contribution is 0.0996. The molecule has 4 N–H and O–H groups in total. The standard InChI is InChI=1S/C12H17ClN2O2/c1-7(2)3-4-17-11-9(12(15)16)5-8(14)6-10(11)13/h5-7H,3-4,14H2,1-2H3,(H2,15,16). The second-order valence-corrected chi connectivity index (χ2v) is 4.68. The van der Waals surface area contributed by atoms with Crippen LogP contribution in [0.15, 0.2) is 12.1 Å². The zero-order chi connectivity index (χ0) is 13.0. The number of carbonyl (C=O) groups is 1. The van der Waals surface area contributed by atoms with Gasteiger partial charge in [0.1, 0.15) is 0 Å². The zero-order valence-corrected chi connectivity index (χ0v) is 10.8. The number of carbonyl (C=O) groups excluding carboxylic acids is 1. The van der Waals surface area contributed by atoms with E-state index in [1.807, 2.05) is 0 Å². The lowest BCUT2D eigenvalue weighted by Crippen LogP contribution is -2.14. The van der Waals surface area contributed by atoms with Crippen molar-refractivity contribution in [2.24, 2.45) is 11.7 Å². The molecule has 0 atom stereocenters. The Labute approximate surface area is 106 Å². The number of hydrogen-bond acceptors (Lipinski definition) is 3. The van der Waals surface area contributed by atoms with Gasteiger partial charge >= 0.3 is 0 Å². The van der Waals surface area contributed by atoms with Gasteiger partial charge in [-0.2, -0.15) is 0 Å². The van der Waals surface area contributed by atoms with Crippen LogP contribution in [0.3, 0.4) is 0 Å². The Morgan fingerprint density at radius 3 is 2.65 bits per heavy atom. The summed E-state index contributed by atoms with van der Waals surface area (Å²) in [5, 5.41) is 0.308. The maximum absolute atomic E-state index is 11.3. The summed E-state index contributed by atoms with van der Waals surface area (Å²) in [5.74, 6) is 0.229. The Kier molecular flexibility index (Phi) is 4.63. The van der Waals surface area contributed by atoms with Crippen LogP contribution < -0.4 is 16.2 Å². The van der Waals surface area contributed by atoms with Gasteiger partial charge in [0, 0.05) is 5.69 Å². The first-order valence-corrected chi connectivity index (χ1v) is 5.81. The number of hydrogen-bond donors (Lipinski definition) is 2. The number of halogens is 1. The van der Waals surface area contributed by atoms with Gasteiger partial charge in [-0.1, -0.05) is 25.4 Å². The molecule has 0 saturated carbocycles. The van der Waals surface area contributed by atoms with E-state index in [4.69, 9.17) is 27.8 Å². The van der Waals surface area contributed by atoms with Crippen LogP contribution in [0, 0.1) is 5.92 Å². The molecule has 4 nitrogen and oxygen atoms in total. The predicted octanol–water partition coefficient (Wildman–Crippen LogP) is 2.45. The highest BCUT2D eigenvalue weighted by atomic mass is 35.5. The third-order valence-electron chi connectivity index (χ3n) is 2.27. The Hall–Kier alpha value is -1.42. The molecule has 5 heteroatoms. The first-order valence-electron chi connectivity index (χ1n) is 5.43. The van der Waals surface area contributed by atoms with Crippen LogP contribution in [-0.2, 0) is 0 Å². The average molecular weight is 257 g/mol. The number of primary amides is 1. The van der Waals surface area contributed by atoms with E-state index in [1.165, 1.54) is 6.07 Å². The molecule has 0 spiro atoms. The van der Waals surface area contributed by atoms with Crippen LogP contribution in [0.25, 0.3) is 0 Å². The predicted molar refractivity (Wildman–Crippen MR) is 69.3 cm³/mol. The summed E-state index contributed by atoms with van der Waals surface area (Å²) in [6.45, 7) is 4.66. The van der Waals surface area contributed by atoms with E-state index in [-0.39, 0.29) is 5.56 Å². The van der Waals surface area contributed by atoms with Crippen LogP contribution in [0.1, 0.15) is 30.6 Å². The molecule has 0 fully saturated rings. The minimum atomic E-state index is -0.598. The molecule has 0 aromatic heterocycles. The Morgan fingerprint density at radius 1 is 1.47 bits per heavy atom. The van der Waals surface area contributed by atoms with E-state index in [0.29, 0.717) is 29.0 Å². The van der Waals surface area contributed by atoms with Crippen molar-refractivity contribution in [3.63, 3.8) is 0 Å². The van der Waals surface area contributed by atoms with Crippen molar-refractivity contribution >= 4 is 23.2 Å². The molecule has 0 bridgehead atoms. The summed E-state index contributed by atoms with van der Waals surface area (Å²) in [6.07, 6.45) is 0.874. The molecule has 0 aliphatic rings. The quantitative estimate of drug-likeness (QED) is 0.795. The number of amides is 1. The number of ether oxygens (including phenoxy) is 1. The zero-order valence-electron chi connectivity index (χ0n) is 10.00. The van der Waals surface area contributed by atoms with Crippen LogP contribution in [-0.4, -0.2) is 12.5 Å². The molecule has 1 aromatic rings. The maximum Gasteiger partial charge on any atom is 0.252 e. The first-order chi connectivity index (χ1) is 7.91. The number of rotatable bonds is 5. The first kappa shape index (κ1) is 13.6. The third kappa shape index (κ3) is 3.82. The van der Waals surface area contributed by atoms with Crippen molar-refractivity contribution < 1.29 is 9.53 Å². The van der Waals surface area contributed by atoms with E-state index in [0.717, 1.165) is 6.42 Å². The summed E-state index contributed by atoms with van der Waals surface area (Å²) >= 11 is 5.98. The molecular formula is C12H17ClN2O2. The van der Waals surface area contributed by atoms with Gasteiger partial charge in [-0.15, -0.1) is 0 Å². The molecular weight excluding hydrogens is 240 g/mol. The van der Waals surface area contributed by atoms with Gasteiger partial charge in [0.25, 0.3) is 5.91 Å². The van der Waals surface area contributed by atoms with Crippen molar-refractivity contribution in [3.05, 3.63) is 22.7 Å². The summed E-state index contributed by atoms with van der Waals surface area (Å²) in [5.41, 5.74) is 11.5. The van der Waals surface area contributed by atoms with Gasteiger partial charge in [-0.25, -0.2) is 0 Å². The van der Waals surface area contributed by atoms with Crippen LogP contribution in [0.2, 0.25) is 5.02 Å². The highest BCUT2D eigenvalue weighted by molar-refractivity contribution is 6.33. The Morgan fingerprint density at radius 2 is 2.12 bits per heavy atom. The molecule has 0 unspecified atom stereocenters. The monoisotopic (exact) mass is 256 g/mol. The normalized spacial score (nSPS) is 10.6. The van der Waals surface area contributed by atoms with Crippen molar-refractivity contribution in [1.29, 1.82) is 0 Å². The molecule has 0 aliphatic heterocycles. The van der Waals surface area contributed by atoms with Gasteiger partial charge in [0.15, 0.2) is 5.75 Å². The molecule has 0 aliphatic carbocycles. The number of nitrogen functional groups attached to an aromatic ring is 1. The minimum Gasteiger partial charge on any atom is -0.491 e. The Bertz CT molecular complexity index is 419. The van der Waals surface area contributed by atoms with Crippen LogP contribution >= 0.6 is 11.6 Å². The second kappa shape index (κ2) is 5.77. The molecule has 0 saturated heterocycles. The lowest BCUT2D eigenvalue weighted by Gasteiger charge is -2.13. The molecule has 0 heterocycles. The SMILES string of the molecule is CC(C)CCOc1c(Cl)cc(N)cc1C(N)=O. The van der Waals surface area contributed by atoms with E-state index in [9.17, 15) is 4.79 Å². The maximum atomic E-state index is 11.3. The van der Waals surface area contributed by atoms with Crippen LogP contribution in [0.5, 0.6) is 5.75 Å². The van der Waals surface area contributed by atoms with Crippen molar-refractivity contribution in [2.45, 2.75) is 20.3 Å². The molecule has 1 amide bonds. The molecule has 1 aromatic carbocycles. The molecule has 17 heavy (non-hydrogen) atoms.